The summed E-state index contributed by atoms with van der Waals surface area (Å²) in [4.78, 5) is 0. The van der Waals surface area contributed by atoms with Crippen molar-refractivity contribution < 1.29 is 0 Å². The zero-order chi connectivity index (χ0) is 9.68. The van der Waals surface area contributed by atoms with Gasteiger partial charge < -0.3 is 5.73 Å². The first-order chi connectivity index (χ1) is 6.27. The molecule has 1 saturated carbocycles. The quantitative estimate of drug-likeness (QED) is 0.663. The van der Waals surface area contributed by atoms with E-state index in [1.165, 1.54) is 32.1 Å². The second kappa shape index (κ2) is 5.43. The van der Waals surface area contributed by atoms with E-state index in [9.17, 15) is 0 Å². The van der Waals surface area contributed by atoms with Gasteiger partial charge >= 0.3 is 0 Å². The van der Waals surface area contributed by atoms with Crippen molar-refractivity contribution >= 4 is 0 Å². The molecule has 0 saturated heterocycles. The van der Waals surface area contributed by atoms with Gasteiger partial charge in [0.25, 0.3) is 0 Å². The SMILES string of the molecule is C=CCC(N)C1CCC(CC)CC1. The van der Waals surface area contributed by atoms with Crippen molar-refractivity contribution in [3.05, 3.63) is 12.7 Å². The summed E-state index contributed by atoms with van der Waals surface area (Å²) in [6, 6.07) is 0.371. The van der Waals surface area contributed by atoms with Gasteiger partial charge in [0.05, 0.1) is 0 Å². The zero-order valence-corrected chi connectivity index (χ0v) is 8.84. The summed E-state index contributed by atoms with van der Waals surface area (Å²) < 4.78 is 0. The van der Waals surface area contributed by atoms with Gasteiger partial charge in [-0.3, -0.25) is 0 Å². The van der Waals surface area contributed by atoms with Crippen LogP contribution in [0, 0.1) is 11.8 Å². The molecule has 1 aliphatic rings. The zero-order valence-electron chi connectivity index (χ0n) is 8.84. The van der Waals surface area contributed by atoms with Gasteiger partial charge in [-0.1, -0.05) is 32.3 Å². The Labute approximate surface area is 82.4 Å². The number of hydrogen-bond acceptors (Lipinski definition) is 1. The van der Waals surface area contributed by atoms with Crippen molar-refractivity contribution in [1.82, 2.24) is 0 Å². The molecule has 0 aromatic rings. The Morgan fingerprint density at radius 1 is 1.38 bits per heavy atom. The van der Waals surface area contributed by atoms with Crippen LogP contribution in [0.2, 0.25) is 0 Å². The molecular weight excluding hydrogens is 158 g/mol. The fraction of sp³-hybridized carbons (Fsp3) is 0.833. The topological polar surface area (TPSA) is 26.0 Å². The van der Waals surface area contributed by atoms with Gasteiger partial charge in [0, 0.05) is 6.04 Å². The summed E-state index contributed by atoms with van der Waals surface area (Å²) >= 11 is 0. The van der Waals surface area contributed by atoms with E-state index in [1.807, 2.05) is 6.08 Å². The third kappa shape index (κ3) is 3.15. The van der Waals surface area contributed by atoms with E-state index in [-0.39, 0.29) is 0 Å². The molecule has 1 atom stereocenters. The van der Waals surface area contributed by atoms with E-state index in [0.29, 0.717) is 6.04 Å². The van der Waals surface area contributed by atoms with Crippen molar-refractivity contribution in [2.24, 2.45) is 17.6 Å². The predicted molar refractivity (Wildman–Crippen MR) is 58.5 cm³/mol. The van der Waals surface area contributed by atoms with E-state index < -0.39 is 0 Å². The first-order valence-electron chi connectivity index (χ1n) is 5.64. The molecule has 0 bridgehead atoms. The van der Waals surface area contributed by atoms with Crippen molar-refractivity contribution in [2.45, 2.75) is 51.5 Å². The van der Waals surface area contributed by atoms with E-state index in [1.54, 1.807) is 0 Å². The minimum atomic E-state index is 0.371. The lowest BCUT2D eigenvalue weighted by molar-refractivity contribution is 0.239. The Hall–Kier alpha value is -0.300. The van der Waals surface area contributed by atoms with E-state index >= 15 is 0 Å². The number of nitrogens with two attached hydrogens (primary N) is 1. The average Bonchev–Trinajstić information content (AvgIpc) is 2.18. The molecule has 13 heavy (non-hydrogen) atoms. The largest absolute Gasteiger partial charge is 0.327 e. The van der Waals surface area contributed by atoms with E-state index in [4.69, 9.17) is 5.73 Å². The Balaban J connectivity index is 2.27. The maximum absolute atomic E-state index is 6.07. The molecule has 2 N–H and O–H groups in total. The summed E-state index contributed by atoms with van der Waals surface area (Å²) in [5.41, 5.74) is 6.07. The summed E-state index contributed by atoms with van der Waals surface area (Å²) in [5, 5.41) is 0. The molecule has 76 valence electrons. The van der Waals surface area contributed by atoms with Crippen LogP contribution in [0.15, 0.2) is 12.7 Å². The van der Waals surface area contributed by atoms with Gasteiger partial charge in [-0.05, 0) is 31.1 Å². The van der Waals surface area contributed by atoms with Crippen molar-refractivity contribution in [3.8, 4) is 0 Å². The smallest absolute Gasteiger partial charge is 0.0102 e. The van der Waals surface area contributed by atoms with Crippen molar-refractivity contribution in [3.63, 3.8) is 0 Å². The molecule has 0 aliphatic heterocycles. The first-order valence-corrected chi connectivity index (χ1v) is 5.64. The van der Waals surface area contributed by atoms with Gasteiger partial charge in [-0.2, -0.15) is 0 Å². The van der Waals surface area contributed by atoms with Gasteiger partial charge in [-0.25, -0.2) is 0 Å². The molecule has 0 aromatic carbocycles. The highest BCUT2D eigenvalue weighted by atomic mass is 14.6. The Bertz CT molecular complexity index is 145. The second-order valence-corrected chi connectivity index (χ2v) is 4.38. The highest BCUT2D eigenvalue weighted by Crippen LogP contribution is 2.32. The standard InChI is InChI=1S/C12H23N/c1-3-5-12(13)11-8-6-10(4-2)7-9-11/h3,10-12H,1,4-9,13H2,2H3. The maximum atomic E-state index is 6.07. The predicted octanol–water partition coefficient (Wildman–Crippen LogP) is 3.11. The normalized spacial score (nSPS) is 31.2. The number of hydrogen-bond donors (Lipinski definition) is 1. The first kappa shape index (κ1) is 10.8. The molecule has 0 radical (unpaired) electrons. The highest BCUT2D eigenvalue weighted by Gasteiger charge is 2.23. The van der Waals surface area contributed by atoms with Crippen LogP contribution in [0.1, 0.15) is 45.4 Å². The summed E-state index contributed by atoms with van der Waals surface area (Å²) in [6.07, 6.45) is 9.76. The van der Waals surface area contributed by atoms with Crippen LogP contribution in [0.3, 0.4) is 0 Å². The lowest BCUT2D eigenvalue weighted by Crippen LogP contribution is -2.32. The molecule has 0 heterocycles. The Kier molecular flexibility index (Phi) is 4.51. The van der Waals surface area contributed by atoms with Crippen LogP contribution >= 0.6 is 0 Å². The summed E-state index contributed by atoms with van der Waals surface area (Å²) in [7, 11) is 0. The fourth-order valence-electron chi connectivity index (χ4n) is 2.41. The molecule has 0 spiro atoms. The second-order valence-electron chi connectivity index (χ2n) is 4.38. The molecule has 1 fully saturated rings. The van der Waals surface area contributed by atoms with Gasteiger partial charge in [0.15, 0.2) is 0 Å². The Morgan fingerprint density at radius 3 is 2.46 bits per heavy atom. The molecular formula is C12H23N. The fourth-order valence-corrected chi connectivity index (χ4v) is 2.41. The third-order valence-electron chi connectivity index (χ3n) is 3.51. The minimum absolute atomic E-state index is 0.371. The lowest BCUT2D eigenvalue weighted by atomic mass is 9.77. The van der Waals surface area contributed by atoms with E-state index in [2.05, 4.69) is 13.5 Å². The van der Waals surface area contributed by atoms with Crippen LogP contribution < -0.4 is 5.73 Å². The molecule has 0 aromatic heterocycles. The van der Waals surface area contributed by atoms with Crippen LogP contribution in [0.25, 0.3) is 0 Å². The number of rotatable bonds is 4. The molecule has 0 amide bonds. The third-order valence-corrected chi connectivity index (χ3v) is 3.51. The minimum Gasteiger partial charge on any atom is -0.327 e. The molecule has 1 heteroatoms. The van der Waals surface area contributed by atoms with Crippen molar-refractivity contribution in [2.75, 3.05) is 0 Å². The molecule has 1 unspecified atom stereocenters. The highest BCUT2D eigenvalue weighted by molar-refractivity contribution is 4.84. The lowest BCUT2D eigenvalue weighted by Gasteiger charge is -2.31. The van der Waals surface area contributed by atoms with Gasteiger partial charge in [0.1, 0.15) is 0 Å². The Morgan fingerprint density at radius 2 is 2.00 bits per heavy atom. The van der Waals surface area contributed by atoms with Gasteiger partial charge in [-0.15, -0.1) is 6.58 Å². The van der Waals surface area contributed by atoms with Crippen LogP contribution in [0.4, 0.5) is 0 Å². The van der Waals surface area contributed by atoms with Crippen molar-refractivity contribution in [1.29, 1.82) is 0 Å². The summed E-state index contributed by atoms with van der Waals surface area (Å²) in [6.45, 7) is 6.05. The van der Waals surface area contributed by atoms with Crippen LogP contribution in [0.5, 0.6) is 0 Å². The van der Waals surface area contributed by atoms with Crippen LogP contribution in [-0.2, 0) is 0 Å². The maximum Gasteiger partial charge on any atom is 0.0102 e. The molecule has 1 aliphatic carbocycles. The van der Waals surface area contributed by atoms with Crippen LogP contribution in [-0.4, -0.2) is 6.04 Å². The molecule has 1 rings (SSSR count). The monoisotopic (exact) mass is 181 g/mol. The summed E-state index contributed by atoms with van der Waals surface area (Å²) in [5.74, 6) is 1.74. The molecule has 1 nitrogen and oxygen atoms in total. The average molecular weight is 181 g/mol. The van der Waals surface area contributed by atoms with Gasteiger partial charge in [0.2, 0.25) is 0 Å². The van der Waals surface area contributed by atoms with E-state index in [0.717, 1.165) is 18.3 Å².